The van der Waals surface area contributed by atoms with E-state index in [1.807, 2.05) is 6.92 Å². The van der Waals surface area contributed by atoms with Gasteiger partial charge in [-0.15, -0.1) is 0 Å². The number of anilines is 2. The standard InChI is InChI=1S/C20H23N6O8P/c1-11-5-6-13(18(27)21-3)7-15(11)24-17-16-12(2)14(8-26(16)23-9-22-17)19(28)25(4)20(29)33-10-34-35(30,31)32/h5-9H,10H2,1-4H3,(H,21,27)(H,22,23,24)(H2,30,31,32). The Bertz CT molecular complexity index is 1350. The van der Waals surface area contributed by atoms with E-state index in [-0.39, 0.29) is 11.5 Å². The summed E-state index contributed by atoms with van der Waals surface area (Å²) in [5.41, 5.74) is 2.91. The van der Waals surface area contributed by atoms with Gasteiger partial charge in [-0.3, -0.25) is 9.59 Å². The summed E-state index contributed by atoms with van der Waals surface area (Å²) >= 11 is 0. The van der Waals surface area contributed by atoms with Crippen molar-refractivity contribution in [3.05, 3.63) is 53.0 Å². The molecule has 14 nitrogen and oxygen atoms in total. The minimum Gasteiger partial charge on any atom is -0.421 e. The van der Waals surface area contributed by atoms with Gasteiger partial charge in [-0.25, -0.2) is 28.3 Å². The highest BCUT2D eigenvalue weighted by atomic mass is 31.2. The number of aromatic nitrogens is 3. The van der Waals surface area contributed by atoms with E-state index in [9.17, 15) is 18.9 Å². The van der Waals surface area contributed by atoms with Crippen molar-refractivity contribution in [3.8, 4) is 0 Å². The predicted molar refractivity (Wildman–Crippen MR) is 122 cm³/mol. The molecule has 1 aromatic carbocycles. The van der Waals surface area contributed by atoms with Crippen molar-refractivity contribution in [2.24, 2.45) is 0 Å². The summed E-state index contributed by atoms with van der Waals surface area (Å²) < 4.78 is 20.7. The van der Waals surface area contributed by atoms with Crippen molar-refractivity contribution in [2.45, 2.75) is 13.8 Å². The molecule has 35 heavy (non-hydrogen) atoms. The maximum atomic E-state index is 12.9. The summed E-state index contributed by atoms with van der Waals surface area (Å²) in [5, 5.41) is 9.84. The van der Waals surface area contributed by atoms with Crippen molar-refractivity contribution < 1.29 is 38.0 Å². The first-order valence-corrected chi connectivity index (χ1v) is 11.5. The van der Waals surface area contributed by atoms with E-state index in [1.165, 1.54) is 24.1 Å². The molecule has 0 unspecified atom stereocenters. The molecule has 4 N–H and O–H groups in total. The minimum atomic E-state index is -4.84. The number of ether oxygens (including phenoxy) is 1. The number of aryl methyl sites for hydroxylation is 2. The number of carbonyl (C=O) groups excluding carboxylic acids is 3. The number of hydrogen-bond donors (Lipinski definition) is 4. The van der Waals surface area contributed by atoms with Crippen LogP contribution >= 0.6 is 7.82 Å². The first-order valence-electron chi connectivity index (χ1n) is 10.0. The van der Waals surface area contributed by atoms with Crippen LogP contribution in [0.4, 0.5) is 16.3 Å². The zero-order valence-corrected chi connectivity index (χ0v) is 20.1. The van der Waals surface area contributed by atoms with Gasteiger partial charge in [0.05, 0.1) is 5.56 Å². The zero-order valence-electron chi connectivity index (χ0n) is 19.2. The van der Waals surface area contributed by atoms with Crippen LogP contribution < -0.4 is 10.6 Å². The Balaban J connectivity index is 1.89. The third kappa shape index (κ3) is 5.81. The lowest BCUT2D eigenvalue weighted by Gasteiger charge is -2.15. The molecule has 0 bridgehead atoms. The van der Waals surface area contributed by atoms with Gasteiger partial charge in [-0.2, -0.15) is 5.10 Å². The fraction of sp³-hybridized carbons (Fsp3) is 0.250. The number of rotatable bonds is 7. The number of phosphoric ester groups is 1. The molecule has 0 saturated heterocycles. The van der Waals surface area contributed by atoms with Gasteiger partial charge in [0, 0.05) is 31.5 Å². The Hall–Kier alpha value is -3.84. The van der Waals surface area contributed by atoms with Gasteiger partial charge in [-0.1, -0.05) is 6.07 Å². The van der Waals surface area contributed by atoms with Gasteiger partial charge >= 0.3 is 13.9 Å². The van der Waals surface area contributed by atoms with E-state index >= 15 is 0 Å². The molecule has 0 radical (unpaired) electrons. The van der Waals surface area contributed by atoms with Crippen LogP contribution in [0.2, 0.25) is 0 Å². The number of phosphoric acid groups is 1. The summed E-state index contributed by atoms with van der Waals surface area (Å²) in [5.74, 6) is -0.652. The SMILES string of the molecule is CNC(=O)c1ccc(C)c(Nc2ncnn3cc(C(=O)N(C)C(=O)OCOP(=O)(O)O)c(C)c23)c1. The molecular weight excluding hydrogens is 483 g/mol. The minimum absolute atomic E-state index is 0.111. The number of fused-ring (bicyclic) bond motifs is 1. The summed E-state index contributed by atoms with van der Waals surface area (Å²) in [6.07, 6.45) is 1.51. The Morgan fingerprint density at radius 1 is 1.23 bits per heavy atom. The van der Waals surface area contributed by atoms with Crippen molar-refractivity contribution in [1.29, 1.82) is 0 Å². The molecule has 0 aliphatic heterocycles. The molecule has 2 aromatic heterocycles. The maximum absolute atomic E-state index is 12.9. The van der Waals surface area contributed by atoms with Crippen molar-refractivity contribution in [1.82, 2.24) is 24.8 Å². The van der Waals surface area contributed by atoms with E-state index in [1.54, 1.807) is 25.1 Å². The Kier molecular flexibility index (Phi) is 7.51. The van der Waals surface area contributed by atoms with E-state index in [4.69, 9.17) is 9.79 Å². The summed E-state index contributed by atoms with van der Waals surface area (Å²) in [6.45, 7) is 2.46. The van der Waals surface area contributed by atoms with E-state index in [0.29, 0.717) is 33.0 Å². The number of nitrogens with zero attached hydrogens (tertiary/aromatic N) is 4. The smallest absolute Gasteiger partial charge is 0.421 e. The van der Waals surface area contributed by atoms with Crippen LogP contribution in [0.25, 0.3) is 5.52 Å². The monoisotopic (exact) mass is 506 g/mol. The largest absolute Gasteiger partial charge is 0.472 e. The fourth-order valence-electron chi connectivity index (χ4n) is 3.14. The lowest BCUT2D eigenvalue weighted by atomic mass is 10.1. The lowest BCUT2D eigenvalue weighted by molar-refractivity contribution is 0.0236. The number of hydrogen-bond acceptors (Lipinski definition) is 9. The molecule has 0 saturated carbocycles. The lowest BCUT2D eigenvalue weighted by Crippen LogP contribution is -2.34. The van der Waals surface area contributed by atoms with Crippen LogP contribution in [0.3, 0.4) is 0 Å². The van der Waals surface area contributed by atoms with E-state index < -0.39 is 26.6 Å². The average Bonchev–Trinajstić information content (AvgIpc) is 3.15. The maximum Gasteiger partial charge on any atom is 0.472 e. The van der Waals surface area contributed by atoms with Crippen LogP contribution in [0.1, 0.15) is 31.8 Å². The first kappa shape index (κ1) is 25.8. The fourth-order valence-corrected chi connectivity index (χ4v) is 3.33. The third-order valence-corrected chi connectivity index (χ3v) is 5.46. The molecule has 0 aliphatic rings. The molecule has 0 fully saturated rings. The number of benzene rings is 1. The quantitative estimate of drug-likeness (QED) is 0.270. The normalized spacial score (nSPS) is 11.3. The van der Waals surface area contributed by atoms with Gasteiger partial charge in [0.25, 0.3) is 11.8 Å². The van der Waals surface area contributed by atoms with Crippen molar-refractivity contribution in [2.75, 3.05) is 26.2 Å². The number of carbonyl (C=O) groups is 3. The van der Waals surface area contributed by atoms with Gasteiger partial charge in [0.2, 0.25) is 6.79 Å². The number of imide groups is 1. The molecule has 15 heteroatoms. The second-order valence-corrected chi connectivity index (χ2v) is 8.55. The van der Waals surface area contributed by atoms with Crippen molar-refractivity contribution in [3.63, 3.8) is 0 Å². The van der Waals surface area contributed by atoms with Gasteiger partial charge in [0.15, 0.2) is 5.82 Å². The van der Waals surface area contributed by atoms with Crippen molar-refractivity contribution >= 4 is 42.8 Å². The molecule has 3 amide bonds. The molecule has 3 rings (SSSR count). The molecule has 0 atom stereocenters. The summed E-state index contributed by atoms with van der Waals surface area (Å²) in [6, 6.07) is 5.14. The van der Waals surface area contributed by atoms with E-state index in [0.717, 1.165) is 12.6 Å². The highest BCUT2D eigenvalue weighted by Crippen LogP contribution is 2.35. The molecular formula is C20H23N6O8P. The average molecular weight is 506 g/mol. The molecule has 186 valence electrons. The van der Waals surface area contributed by atoms with Crippen LogP contribution in [0, 0.1) is 13.8 Å². The number of nitrogens with one attached hydrogen (secondary N) is 2. The molecule has 0 spiro atoms. The summed E-state index contributed by atoms with van der Waals surface area (Å²) in [4.78, 5) is 59.2. The van der Waals surface area contributed by atoms with Crippen LogP contribution in [0.5, 0.6) is 0 Å². The predicted octanol–water partition coefficient (Wildman–Crippen LogP) is 1.72. The highest BCUT2D eigenvalue weighted by molar-refractivity contribution is 7.46. The molecule has 0 aliphatic carbocycles. The summed E-state index contributed by atoms with van der Waals surface area (Å²) in [7, 11) is -2.17. The van der Waals surface area contributed by atoms with Crippen LogP contribution in [-0.2, 0) is 13.8 Å². The third-order valence-electron chi connectivity index (χ3n) is 5.02. The highest BCUT2D eigenvalue weighted by Gasteiger charge is 2.26. The van der Waals surface area contributed by atoms with Crippen LogP contribution in [0.15, 0.2) is 30.7 Å². The molecule has 2 heterocycles. The zero-order chi connectivity index (χ0) is 25.9. The van der Waals surface area contributed by atoms with Gasteiger partial charge in [0.1, 0.15) is 11.8 Å². The Labute approximate surface area is 199 Å². The Morgan fingerprint density at radius 3 is 2.60 bits per heavy atom. The Morgan fingerprint density at radius 2 is 1.94 bits per heavy atom. The molecule has 3 aromatic rings. The van der Waals surface area contributed by atoms with Crippen LogP contribution in [-0.4, -0.2) is 68.1 Å². The van der Waals surface area contributed by atoms with Gasteiger partial charge < -0.3 is 25.2 Å². The second kappa shape index (κ2) is 10.2. The topological polar surface area (TPSA) is 185 Å². The number of amides is 3. The van der Waals surface area contributed by atoms with Gasteiger partial charge in [-0.05, 0) is 37.1 Å². The second-order valence-electron chi connectivity index (χ2n) is 7.32. The first-order chi connectivity index (χ1) is 16.4. The van der Waals surface area contributed by atoms with E-state index in [2.05, 4.69) is 30.0 Å².